The van der Waals surface area contributed by atoms with Crippen molar-refractivity contribution in [3.8, 4) is 0 Å². The smallest absolute Gasteiger partial charge is 0.141 e. The van der Waals surface area contributed by atoms with Crippen molar-refractivity contribution in [2.24, 2.45) is 11.7 Å². The molecule has 76 valence electrons. The zero-order valence-corrected chi connectivity index (χ0v) is 10.8. The molecule has 0 radical (unpaired) electrons. The van der Waals surface area contributed by atoms with Gasteiger partial charge in [-0.3, -0.25) is 0 Å². The van der Waals surface area contributed by atoms with Crippen LogP contribution in [-0.4, -0.2) is 14.2 Å². The number of rotatable bonds is 2. The van der Waals surface area contributed by atoms with E-state index in [0.717, 1.165) is 0 Å². The van der Waals surface area contributed by atoms with Gasteiger partial charge in [-0.25, -0.2) is 0 Å². The first kappa shape index (κ1) is 13.1. The molecule has 0 aromatic heterocycles. The molecule has 0 saturated heterocycles. The van der Waals surface area contributed by atoms with Crippen molar-refractivity contribution in [1.82, 2.24) is 5.32 Å². The summed E-state index contributed by atoms with van der Waals surface area (Å²) in [6.45, 7) is 8.48. The van der Waals surface area contributed by atoms with Gasteiger partial charge in [-0.05, 0) is 31.5 Å². The van der Waals surface area contributed by atoms with Gasteiger partial charge in [0.1, 0.15) is 8.64 Å². The van der Waals surface area contributed by atoms with Gasteiger partial charge in [-0.1, -0.05) is 38.3 Å². The topological polar surface area (TPSA) is 38.0 Å². The van der Waals surface area contributed by atoms with Crippen LogP contribution in [0.3, 0.4) is 0 Å². The fourth-order valence-corrected chi connectivity index (χ4v) is 1.96. The largest absolute Gasteiger partial charge is 0.384 e. The molecule has 0 aliphatic heterocycles. The third-order valence-corrected chi connectivity index (χ3v) is 3.15. The number of thioether (sulfide) groups is 1. The molecule has 0 rings (SSSR count). The molecule has 0 heterocycles. The van der Waals surface area contributed by atoms with E-state index in [2.05, 4.69) is 33.0 Å². The van der Waals surface area contributed by atoms with Gasteiger partial charge in [-0.15, -0.1) is 0 Å². The highest BCUT2D eigenvalue weighted by Gasteiger charge is 2.22. The fourth-order valence-electron chi connectivity index (χ4n) is 0.524. The lowest BCUT2D eigenvalue weighted by molar-refractivity contribution is 0.337. The first-order valence-corrected chi connectivity index (χ1v) is 5.68. The van der Waals surface area contributed by atoms with E-state index in [0.29, 0.717) is 14.6 Å². The number of thiocarbonyl (C=S) groups is 2. The monoisotopic (exact) mass is 236 g/mol. The number of nitrogens with one attached hydrogen (secondary N) is 1. The van der Waals surface area contributed by atoms with Gasteiger partial charge in [-0.2, -0.15) is 0 Å². The highest BCUT2D eigenvalue weighted by molar-refractivity contribution is 8.37. The molecular formula is C8H16N2S3. The van der Waals surface area contributed by atoms with Gasteiger partial charge in [0.25, 0.3) is 0 Å². The SMILES string of the molecule is CC(C)C(C)(C)NC(=S)SC(N)=S. The summed E-state index contributed by atoms with van der Waals surface area (Å²) >= 11 is 11.1. The Morgan fingerprint density at radius 3 is 2.15 bits per heavy atom. The van der Waals surface area contributed by atoms with E-state index >= 15 is 0 Å². The number of hydrogen-bond donors (Lipinski definition) is 2. The Morgan fingerprint density at radius 2 is 1.85 bits per heavy atom. The third kappa shape index (κ3) is 5.44. The summed E-state index contributed by atoms with van der Waals surface area (Å²) in [5.41, 5.74) is 5.34. The maximum absolute atomic E-state index is 5.36. The van der Waals surface area contributed by atoms with E-state index in [1.807, 2.05) is 0 Å². The van der Waals surface area contributed by atoms with E-state index < -0.39 is 0 Å². The Balaban J connectivity index is 4.12. The zero-order valence-electron chi connectivity index (χ0n) is 8.38. The second kappa shape index (κ2) is 5.12. The van der Waals surface area contributed by atoms with Crippen molar-refractivity contribution in [3.05, 3.63) is 0 Å². The summed E-state index contributed by atoms with van der Waals surface area (Å²) in [5.74, 6) is 0.498. The molecule has 0 aliphatic carbocycles. The Hall–Kier alpha value is 0.130. The van der Waals surface area contributed by atoms with Crippen molar-refractivity contribution in [1.29, 1.82) is 0 Å². The summed E-state index contributed by atoms with van der Waals surface area (Å²) < 4.78 is 1.00. The lowest BCUT2D eigenvalue weighted by Crippen LogP contribution is -2.46. The van der Waals surface area contributed by atoms with Crippen LogP contribution in [0.5, 0.6) is 0 Å². The van der Waals surface area contributed by atoms with Gasteiger partial charge < -0.3 is 11.1 Å². The molecule has 0 amide bonds. The Kier molecular flexibility index (Phi) is 5.17. The first-order chi connectivity index (χ1) is 5.75. The van der Waals surface area contributed by atoms with Crippen molar-refractivity contribution in [2.75, 3.05) is 0 Å². The van der Waals surface area contributed by atoms with Crippen molar-refractivity contribution < 1.29 is 0 Å². The summed E-state index contributed by atoms with van der Waals surface area (Å²) in [4.78, 5) is 0. The van der Waals surface area contributed by atoms with E-state index in [1.54, 1.807) is 0 Å². The molecule has 13 heavy (non-hydrogen) atoms. The van der Waals surface area contributed by atoms with Crippen LogP contribution < -0.4 is 11.1 Å². The van der Waals surface area contributed by atoms with Crippen LogP contribution in [0.1, 0.15) is 27.7 Å². The van der Waals surface area contributed by atoms with Gasteiger partial charge in [0, 0.05) is 5.54 Å². The molecule has 5 heteroatoms. The Morgan fingerprint density at radius 1 is 1.38 bits per heavy atom. The van der Waals surface area contributed by atoms with Crippen molar-refractivity contribution >= 4 is 44.8 Å². The van der Waals surface area contributed by atoms with E-state index in [9.17, 15) is 0 Å². The highest BCUT2D eigenvalue weighted by atomic mass is 32.2. The number of nitrogens with two attached hydrogens (primary N) is 1. The molecule has 0 spiro atoms. The molecule has 0 aromatic rings. The van der Waals surface area contributed by atoms with Crippen LogP contribution in [0.25, 0.3) is 0 Å². The molecule has 0 unspecified atom stereocenters. The van der Waals surface area contributed by atoms with Crippen LogP contribution in [-0.2, 0) is 0 Å². The molecule has 0 aliphatic rings. The average molecular weight is 236 g/mol. The summed E-state index contributed by atoms with van der Waals surface area (Å²) in [7, 11) is 0. The Bertz CT molecular complexity index is 211. The predicted octanol–water partition coefficient (Wildman–Crippen LogP) is 2.27. The highest BCUT2D eigenvalue weighted by Crippen LogP contribution is 2.17. The summed E-state index contributed by atoms with van der Waals surface area (Å²) in [5, 5.41) is 3.21. The minimum atomic E-state index is -0.0190. The average Bonchev–Trinajstić information content (AvgIpc) is 1.82. The maximum Gasteiger partial charge on any atom is 0.141 e. The third-order valence-electron chi connectivity index (χ3n) is 2.06. The lowest BCUT2D eigenvalue weighted by atomic mass is 9.91. The van der Waals surface area contributed by atoms with Crippen LogP contribution in [0.4, 0.5) is 0 Å². The first-order valence-electron chi connectivity index (χ1n) is 4.05. The molecular weight excluding hydrogens is 220 g/mol. The van der Waals surface area contributed by atoms with Gasteiger partial charge >= 0.3 is 0 Å². The lowest BCUT2D eigenvalue weighted by Gasteiger charge is -2.31. The van der Waals surface area contributed by atoms with E-state index in [4.69, 9.17) is 30.2 Å². The zero-order chi connectivity index (χ0) is 10.6. The standard InChI is InChI=1S/C8H16N2S3/c1-5(2)8(3,4)10-7(12)13-6(9)11/h5H,1-4H3,(H2,9,11)(H,10,12). The van der Waals surface area contributed by atoms with Gasteiger partial charge in [0.15, 0.2) is 0 Å². The van der Waals surface area contributed by atoms with Crippen LogP contribution >= 0.6 is 36.2 Å². The summed E-state index contributed by atoms with van der Waals surface area (Å²) in [6.07, 6.45) is 0. The van der Waals surface area contributed by atoms with E-state index in [-0.39, 0.29) is 5.54 Å². The molecule has 0 bridgehead atoms. The maximum atomic E-state index is 5.36. The van der Waals surface area contributed by atoms with E-state index in [1.165, 1.54) is 11.8 Å². The van der Waals surface area contributed by atoms with Gasteiger partial charge in [0.05, 0.1) is 0 Å². The van der Waals surface area contributed by atoms with Gasteiger partial charge in [0.2, 0.25) is 0 Å². The molecule has 0 fully saturated rings. The van der Waals surface area contributed by atoms with Crippen molar-refractivity contribution in [2.45, 2.75) is 33.2 Å². The normalized spacial score (nSPS) is 11.5. The fraction of sp³-hybridized carbons (Fsp3) is 0.750. The molecule has 0 aromatic carbocycles. The second-order valence-corrected chi connectivity index (χ2v) is 6.13. The van der Waals surface area contributed by atoms with Crippen molar-refractivity contribution in [3.63, 3.8) is 0 Å². The molecule has 2 nitrogen and oxygen atoms in total. The predicted molar refractivity (Wildman–Crippen MR) is 69.0 cm³/mol. The molecule has 0 atom stereocenters. The second-order valence-electron chi connectivity index (χ2n) is 3.71. The quantitative estimate of drug-likeness (QED) is 0.720. The minimum Gasteiger partial charge on any atom is -0.384 e. The Labute approximate surface area is 95.0 Å². The van der Waals surface area contributed by atoms with Crippen LogP contribution in [0, 0.1) is 5.92 Å². The summed E-state index contributed by atoms with van der Waals surface area (Å²) in [6, 6.07) is 0. The minimum absolute atomic E-state index is 0.0190. The molecule has 0 saturated carbocycles. The van der Waals surface area contributed by atoms with Crippen LogP contribution in [0.2, 0.25) is 0 Å². The van der Waals surface area contributed by atoms with Crippen LogP contribution in [0.15, 0.2) is 0 Å². The number of hydrogen-bond acceptors (Lipinski definition) is 3. The molecule has 3 N–H and O–H groups in total.